The fourth-order valence-corrected chi connectivity index (χ4v) is 4.54. The number of benzene rings is 1. The molecule has 0 amide bonds. The standard InChI is InChI=1S/C15H19N3O3S/c1-17(2)12-6-5-11-9-16-18(15(19)14(11)8-12)13-4-3-7-22(20,21)10-13/h5-6,8-9,13H,3-4,7,10H2,1-2H3. The van der Waals surface area contributed by atoms with E-state index >= 15 is 0 Å². The molecule has 7 heteroatoms. The van der Waals surface area contributed by atoms with E-state index in [0.717, 1.165) is 11.1 Å². The van der Waals surface area contributed by atoms with Gasteiger partial charge < -0.3 is 4.90 Å². The molecule has 1 saturated heterocycles. The van der Waals surface area contributed by atoms with Gasteiger partial charge in [0.25, 0.3) is 5.56 Å². The molecule has 1 aromatic carbocycles. The van der Waals surface area contributed by atoms with Gasteiger partial charge in [0, 0.05) is 25.2 Å². The zero-order valence-electron chi connectivity index (χ0n) is 12.7. The topological polar surface area (TPSA) is 72.3 Å². The van der Waals surface area contributed by atoms with Gasteiger partial charge in [0.05, 0.1) is 29.1 Å². The summed E-state index contributed by atoms with van der Waals surface area (Å²) in [7, 11) is 0.743. The number of nitrogens with zero attached hydrogens (tertiary/aromatic N) is 3. The highest BCUT2D eigenvalue weighted by atomic mass is 32.2. The van der Waals surface area contributed by atoms with Gasteiger partial charge >= 0.3 is 0 Å². The molecular weight excluding hydrogens is 302 g/mol. The van der Waals surface area contributed by atoms with Gasteiger partial charge in [-0.2, -0.15) is 5.10 Å². The van der Waals surface area contributed by atoms with Crippen LogP contribution in [-0.4, -0.2) is 43.8 Å². The maximum absolute atomic E-state index is 12.7. The summed E-state index contributed by atoms with van der Waals surface area (Å²) in [6.07, 6.45) is 2.89. The summed E-state index contributed by atoms with van der Waals surface area (Å²) in [5, 5.41) is 5.54. The number of sulfone groups is 1. The summed E-state index contributed by atoms with van der Waals surface area (Å²) in [4.78, 5) is 14.6. The van der Waals surface area contributed by atoms with E-state index in [1.165, 1.54) is 4.68 Å². The van der Waals surface area contributed by atoms with Gasteiger partial charge in [-0.25, -0.2) is 13.1 Å². The monoisotopic (exact) mass is 321 g/mol. The van der Waals surface area contributed by atoms with Gasteiger partial charge in [-0.3, -0.25) is 4.79 Å². The molecule has 6 nitrogen and oxygen atoms in total. The van der Waals surface area contributed by atoms with Gasteiger partial charge in [0.15, 0.2) is 9.84 Å². The number of aromatic nitrogens is 2. The normalized spacial score (nSPS) is 20.9. The summed E-state index contributed by atoms with van der Waals surface area (Å²) in [5.74, 6) is 0.204. The first-order valence-electron chi connectivity index (χ1n) is 7.27. The van der Waals surface area contributed by atoms with E-state index in [-0.39, 0.29) is 23.1 Å². The maximum Gasteiger partial charge on any atom is 0.274 e. The molecule has 1 unspecified atom stereocenters. The third-order valence-electron chi connectivity index (χ3n) is 4.10. The minimum absolute atomic E-state index is 0.00121. The average Bonchev–Trinajstić information content (AvgIpc) is 2.46. The quantitative estimate of drug-likeness (QED) is 0.831. The number of rotatable bonds is 2. The molecule has 118 valence electrons. The van der Waals surface area contributed by atoms with E-state index in [1.54, 1.807) is 6.20 Å². The van der Waals surface area contributed by atoms with Gasteiger partial charge in [0.1, 0.15) is 0 Å². The Morgan fingerprint density at radius 1 is 1.32 bits per heavy atom. The van der Waals surface area contributed by atoms with Crippen molar-refractivity contribution in [2.45, 2.75) is 18.9 Å². The zero-order valence-corrected chi connectivity index (χ0v) is 13.5. The summed E-state index contributed by atoms with van der Waals surface area (Å²) in [6, 6.07) is 5.26. The molecule has 0 bridgehead atoms. The molecule has 2 aromatic rings. The van der Waals surface area contributed by atoms with Crippen LogP contribution >= 0.6 is 0 Å². The zero-order chi connectivity index (χ0) is 15.9. The van der Waals surface area contributed by atoms with Crippen LogP contribution in [-0.2, 0) is 9.84 Å². The average molecular weight is 321 g/mol. The Hall–Kier alpha value is -1.89. The highest BCUT2D eigenvalue weighted by molar-refractivity contribution is 7.91. The summed E-state index contributed by atoms with van der Waals surface area (Å²) < 4.78 is 25.0. The van der Waals surface area contributed by atoms with Gasteiger partial charge in [0.2, 0.25) is 0 Å². The van der Waals surface area contributed by atoms with E-state index < -0.39 is 9.84 Å². The second-order valence-corrected chi connectivity index (χ2v) is 8.20. The molecule has 22 heavy (non-hydrogen) atoms. The second kappa shape index (κ2) is 5.39. The van der Waals surface area contributed by atoms with E-state index in [1.807, 2.05) is 37.2 Å². The second-order valence-electron chi connectivity index (χ2n) is 5.97. The summed E-state index contributed by atoms with van der Waals surface area (Å²) in [5.41, 5.74) is 0.710. The summed E-state index contributed by atoms with van der Waals surface area (Å²) in [6.45, 7) is 0. The van der Waals surface area contributed by atoms with Gasteiger partial charge in [-0.1, -0.05) is 6.07 Å². The Balaban J connectivity index is 2.11. The fourth-order valence-electron chi connectivity index (χ4n) is 2.87. The third-order valence-corrected chi connectivity index (χ3v) is 5.90. The molecule has 0 radical (unpaired) electrons. The van der Waals surface area contributed by atoms with Crippen molar-refractivity contribution in [3.63, 3.8) is 0 Å². The summed E-state index contributed by atoms with van der Waals surface area (Å²) >= 11 is 0. The SMILES string of the molecule is CN(C)c1ccc2cnn(C3CCCS(=O)(=O)C3)c(=O)c2c1. The lowest BCUT2D eigenvalue weighted by Crippen LogP contribution is -2.35. The van der Waals surface area contributed by atoms with Crippen molar-refractivity contribution in [3.8, 4) is 0 Å². The van der Waals surface area contributed by atoms with Gasteiger partial charge in [-0.05, 0) is 25.0 Å². The number of fused-ring (bicyclic) bond motifs is 1. The van der Waals surface area contributed by atoms with Crippen LogP contribution in [0.25, 0.3) is 10.8 Å². The van der Waals surface area contributed by atoms with Crippen LogP contribution in [0.5, 0.6) is 0 Å². The van der Waals surface area contributed by atoms with Gasteiger partial charge in [-0.15, -0.1) is 0 Å². The van der Waals surface area contributed by atoms with Crippen molar-refractivity contribution in [2.75, 3.05) is 30.5 Å². The van der Waals surface area contributed by atoms with Crippen molar-refractivity contribution >= 4 is 26.3 Å². The van der Waals surface area contributed by atoms with Crippen LogP contribution in [0, 0.1) is 0 Å². The van der Waals surface area contributed by atoms with E-state index in [9.17, 15) is 13.2 Å². The molecule has 3 rings (SSSR count). The maximum atomic E-state index is 12.7. The van der Waals surface area contributed by atoms with E-state index in [2.05, 4.69) is 5.10 Å². The minimum Gasteiger partial charge on any atom is -0.378 e. The molecule has 0 N–H and O–H groups in total. The van der Waals surface area contributed by atoms with Crippen molar-refractivity contribution < 1.29 is 8.42 Å². The predicted octanol–water partition coefficient (Wildman–Crippen LogP) is 1.21. The van der Waals surface area contributed by atoms with Crippen molar-refractivity contribution in [1.29, 1.82) is 0 Å². The smallest absolute Gasteiger partial charge is 0.274 e. The Bertz CT molecular complexity index is 871. The molecule has 1 aliphatic heterocycles. The third kappa shape index (κ3) is 2.72. The molecule has 0 aliphatic carbocycles. The molecule has 0 spiro atoms. The molecule has 1 atom stereocenters. The Kier molecular flexibility index (Phi) is 3.68. The van der Waals surface area contributed by atoms with Crippen LogP contribution in [0.3, 0.4) is 0 Å². The van der Waals surface area contributed by atoms with E-state index in [4.69, 9.17) is 0 Å². The fraction of sp³-hybridized carbons (Fsp3) is 0.467. The highest BCUT2D eigenvalue weighted by Crippen LogP contribution is 2.23. The highest BCUT2D eigenvalue weighted by Gasteiger charge is 2.27. The molecular formula is C15H19N3O3S. The first-order chi connectivity index (χ1) is 10.4. The molecule has 2 heterocycles. The molecule has 1 fully saturated rings. The van der Waals surface area contributed by atoms with E-state index in [0.29, 0.717) is 18.2 Å². The lowest BCUT2D eigenvalue weighted by atomic mass is 10.1. The van der Waals surface area contributed by atoms with Crippen LogP contribution in [0.2, 0.25) is 0 Å². The number of hydrogen-bond donors (Lipinski definition) is 0. The first-order valence-corrected chi connectivity index (χ1v) is 9.09. The van der Waals surface area contributed by atoms with Crippen LogP contribution < -0.4 is 10.5 Å². The van der Waals surface area contributed by atoms with Crippen molar-refractivity contribution in [1.82, 2.24) is 9.78 Å². The Labute approximate surface area is 129 Å². The first kappa shape index (κ1) is 15.0. The molecule has 1 aliphatic rings. The lowest BCUT2D eigenvalue weighted by molar-refractivity contribution is 0.420. The van der Waals surface area contributed by atoms with Crippen molar-refractivity contribution in [2.24, 2.45) is 0 Å². The molecule has 1 aromatic heterocycles. The number of anilines is 1. The predicted molar refractivity (Wildman–Crippen MR) is 87.3 cm³/mol. The Morgan fingerprint density at radius 2 is 2.09 bits per heavy atom. The van der Waals surface area contributed by atoms with Crippen molar-refractivity contribution in [3.05, 3.63) is 34.7 Å². The Morgan fingerprint density at radius 3 is 2.77 bits per heavy atom. The van der Waals surface area contributed by atoms with Crippen LogP contribution in [0.1, 0.15) is 18.9 Å². The lowest BCUT2D eigenvalue weighted by Gasteiger charge is -2.23. The van der Waals surface area contributed by atoms with Crippen LogP contribution in [0.15, 0.2) is 29.2 Å². The molecule has 0 saturated carbocycles. The minimum atomic E-state index is -3.08. The largest absolute Gasteiger partial charge is 0.378 e. The van der Waals surface area contributed by atoms with Crippen LogP contribution in [0.4, 0.5) is 5.69 Å². The number of hydrogen-bond acceptors (Lipinski definition) is 5.